The highest BCUT2D eigenvalue weighted by Gasteiger charge is 2.21. The second kappa shape index (κ2) is 8.58. The van der Waals surface area contributed by atoms with Gasteiger partial charge in [-0.2, -0.15) is 10.4 Å². The summed E-state index contributed by atoms with van der Waals surface area (Å²) in [4.78, 5) is 8.42. The maximum atomic E-state index is 13.2. The molecule has 9 nitrogen and oxygen atoms in total. The molecule has 0 radical (unpaired) electrons. The maximum absolute atomic E-state index is 13.2. The van der Waals surface area contributed by atoms with Gasteiger partial charge in [-0.15, -0.1) is 0 Å². The lowest BCUT2D eigenvalue weighted by atomic mass is 10.0. The Labute approximate surface area is 176 Å². The van der Waals surface area contributed by atoms with Crippen LogP contribution in [0.15, 0.2) is 48.9 Å². The molecule has 0 aliphatic carbocycles. The lowest BCUT2D eigenvalue weighted by molar-refractivity contribution is 0.127. The number of thiol groups is 1. The second-order valence-corrected chi connectivity index (χ2v) is 7.31. The van der Waals surface area contributed by atoms with Crippen molar-refractivity contribution in [2.45, 2.75) is 19.5 Å². The molecule has 0 fully saturated rings. The Balaban J connectivity index is 1.91. The van der Waals surface area contributed by atoms with E-state index in [2.05, 4.69) is 19.8 Å². The summed E-state index contributed by atoms with van der Waals surface area (Å²) in [6.45, 7) is -0.591. The number of hydrogen-bond acceptors (Lipinski definition) is 6. The van der Waals surface area contributed by atoms with Crippen LogP contribution in [0.2, 0.25) is 0 Å². The first kappa shape index (κ1) is 20.6. The van der Waals surface area contributed by atoms with Gasteiger partial charge in [0.05, 0.1) is 30.5 Å². The highest BCUT2D eigenvalue weighted by molar-refractivity contribution is 7.70. The van der Waals surface area contributed by atoms with Gasteiger partial charge in [-0.05, 0) is 17.7 Å². The number of rotatable bonds is 7. The lowest BCUT2D eigenvalue weighted by Crippen LogP contribution is -2.11. The summed E-state index contributed by atoms with van der Waals surface area (Å²) in [5.74, 6) is 0. The smallest absolute Gasteiger partial charge is 0.256 e. The molecule has 12 heteroatoms. The van der Waals surface area contributed by atoms with E-state index >= 15 is 0 Å². The molecule has 1 aromatic carbocycles. The number of nitriles is 1. The van der Waals surface area contributed by atoms with E-state index in [0.717, 1.165) is 0 Å². The summed E-state index contributed by atoms with van der Waals surface area (Å²) in [5.41, 5.74) is 2.82. The normalized spacial score (nSPS) is 11.5. The van der Waals surface area contributed by atoms with Crippen molar-refractivity contribution in [3.63, 3.8) is 0 Å². The maximum Gasteiger partial charge on any atom is 0.256 e. The van der Waals surface area contributed by atoms with Crippen molar-refractivity contribution >= 4 is 16.5 Å². The van der Waals surface area contributed by atoms with Crippen LogP contribution < -0.4 is 4.72 Å². The highest BCUT2D eigenvalue weighted by atomic mass is 32.2. The van der Waals surface area contributed by atoms with Gasteiger partial charge in [0.2, 0.25) is 10.9 Å². The first-order chi connectivity index (χ1) is 15.0. The third-order valence-electron chi connectivity index (χ3n) is 4.56. The molecule has 0 spiro atoms. The minimum atomic E-state index is -2.81. The number of aromatic nitrogens is 5. The van der Waals surface area contributed by atoms with Crippen molar-refractivity contribution in [1.82, 2.24) is 28.9 Å². The minimum absolute atomic E-state index is 0.0165. The molecule has 0 saturated heterocycles. The summed E-state index contributed by atoms with van der Waals surface area (Å²) in [5, 5.41) is 13.7. The van der Waals surface area contributed by atoms with Crippen LogP contribution in [-0.2, 0) is 24.0 Å². The van der Waals surface area contributed by atoms with Gasteiger partial charge in [-0.3, -0.25) is 0 Å². The fourth-order valence-corrected chi connectivity index (χ4v) is 3.57. The highest BCUT2D eigenvalue weighted by Crippen LogP contribution is 2.33. The van der Waals surface area contributed by atoms with Gasteiger partial charge in [-0.1, -0.05) is 24.3 Å². The van der Waals surface area contributed by atoms with Crippen molar-refractivity contribution in [2.75, 3.05) is 0 Å². The van der Waals surface area contributed by atoms with Gasteiger partial charge in [0.25, 0.3) is 6.43 Å². The van der Waals surface area contributed by atoms with Crippen LogP contribution >= 0.6 is 0 Å². The third-order valence-corrected chi connectivity index (χ3v) is 4.98. The third kappa shape index (κ3) is 4.14. The van der Waals surface area contributed by atoms with Crippen LogP contribution in [0.4, 0.5) is 8.78 Å². The Bertz CT molecular complexity index is 1360. The molecule has 0 bridgehead atoms. The molecule has 0 atom stereocenters. The molecule has 0 saturated carbocycles. The van der Waals surface area contributed by atoms with Gasteiger partial charge < -0.3 is 4.57 Å². The number of halogens is 2. The first-order valence-electron chi connectivity index (χ1n) is 9.02. The molecule has 158 valence electrons. The average molecular weight is 443 g/mol. The number of alkyl halides is 2. The largest absolute Gasteiger partial charge is 0.323 e. The molecular weight excluding hydrogens is 428 g/mol. The molecule has 0 unspecified atom stereocenters. The fraction of sp³-hybridized carbons (Fsp3) is 0.158. The van der Waals surface area contributed by atoms with Gasteiger partial charge in [-0.25, -0.2) is 36.4 Å². The van der Waals surface area contributed by atoms with Crippen LogP contribution in [0.3, 0.4) is 0 Å². The quantitative estimate of drug-likeness (QED) is 0.422. The number of imidazole rings is 2. The summed E-state index contributed by atoms with van der Waals surface area (Å²) < 4.78 is 53.4. The minimum Gasteiger partial charge on any atom is -0.323 e. The molecule has 3 heterocycles. The van der Waals surface area contributed by atoms with Crippen LogP contribution in [0, 0.1) is 11.3 Å². The standard InChI is InChI=1S/C19H15F2N7O2S/c20-16(21)10-27-11-24-18(14-4-2-1-3-12(14)8-25-31(29)30)19(27)15-5-6-17-23-9-13(7-22)28(17)26-15/h1-6,9,11,16,31H,8,10H2,(H,25,29,30). The van der Waals surface area contributed by atoms with E-state index in [1.165, 1.54) is 21.6 Å². The van der Waals surface area contributed by atoms with E-state index in [-0.39, 0.29) is 12.2 Å². The van der Waals surface area contributed by atoms with Crippen molar-refractivity contribution in [1.29, 1.82) is 5.26 Å². The number of nitrogens with one attached hydrogen (secondary N) is 1. The summed E-state index contributed by atoms with van der Waals surface area (Å²) in [6, 6.07) is 12.1. The number of fused-ring (bicyclic) bond motifs is 1. The Hall–Kier alpha value is -3.69. The molecule has 4 aromatic rings. The average Bonchev–Trinajstić information content (AvgIpc) is 3.35. The molecule has 0 amide bonds. The van der Waals surface area contributed by atoms with E-state index in [1.54, 1.807) is 36.4 Å². The van der Waals surface area contributed by atoms with Gasteiger partial charge >= 0.3 is 0 Å². The summed E-state index contributed by atoms with van der Waals surface area (Å²) in [6.07, 6.45) is 0.0307. The van der Waals surface area contributed by atoms with E-state index < -0.39 is 23.9 Å². The number of hydrogen-bond donors (Lipinski definition) is 2. The topological polar surface area (TPSA) is 118 Å². The van der Waals surface area contributed by atoms with Crippen LogP contribution in [0.5, 0.6) is 0 Å². The van der Waals surface area contributed by atoms with Crippen molar-refractivity contribution in [3.05, 3.63) is 60.2 Å². The first-order valence-corrected chi connectivity index (χ1v) is 10.2. The fourth-order valence-electron chi connectivity index (χ4n) is 3.27. The van der Waals surface area contributed by atoms with Crippen LogP contribution in [0.25, 0.3) is 28.3 Å². The zero-order valence-electron chi connectivity index (χ0n) is 15.8. The molecule has 4 rings (SSSR count). The zero-order valence-corrected chi connectivity index (χ0v) is 16.7. The van der Waals surface area contributed by atoms with Gasteiger partial charge in [0.15, 0.2) is 11.3 Å². The Kier molecular flexibility index (Phi) is 5.70. The van der Waals surface area contributed by atoms with E-state index in [9.17, 15) is 22.5 Å². The monoisotopic (exact) mass is 443 g/mol. The number of nitrogens with zero attached hydrogens (tertiary/aromatic N) is 6. The van der Waals surface area contributed by atoms with E-state index in [0.29, 0.717) is 33.9 Å². The zero-order chi connectivity index (χ0) is 22.0. The molecule has 1 N–H and O–H groups in total. The molecule has 31 heavy (non-hydrogen) atoms. The van der Waals surface area contributed by atoms with Gasteiger partial charge in [0, 0.05) is 12.1 Å². The predicted molar refractivity (Wildman–Crippen MR) is 108 cm³/mol. The predicted octanol–water partition coefficient (Wildman–Crippen LogP) is 2.01. The Morgan fingerprint density at radius 3 is 2.71 bits per heavy atom. The molecular formula is C19H15F2N7O2S. The molecule has 0 aliphatic rings. The SMILES string of the molecule is N#Cc1cnc2ccc(-c3c(-c4ccccc4CN[SH](=O)=O)ncn3CC(F)F)nn12. The van der Waals surface area contributed by atoms with E-state index in [1.807, 2.05) is 6.07 Å². The summed E-state index contributed by atoms with van der Waals surface area (Å²) in [7, 11) is -2.81. The molecule has 3 aromatic heterocycles. The van der Waals surface area contributed by atoms with Crippen molar-refractivity contribution in [3.8, 4) is 28.7 Å². The van der Waals surface area contributed by atoms with Crippen LogP contribution in [0.1, 0.15) is 11.3 Å². The Morgan fingerprint density at radius 2 is 1.97 bits per heavy atom. The van der Waals surface area contributed by atoms with E-state index in [4.69, 9.17) is 0 Å². The van der Waals surface area contributed by atoms with Crippen molar-refractivity contribution < 1.29 is 17.2 Å². The summed E-state index contributed by atoms with van der Waals surface area (Å²) >= 11 is 0. The van der Waals surface area contributed by atoms with Gasteiger partial charge in [0.1, 0.15) is 11.8 Å². The second-order valence-electron chi connectivity index (χ2n) is 6.48. The Morgan fingerprint density at radius 1 is 1.16 bits per heavy atom. The molecule has 0 aliphatic heterocycles. The number of benzene rings is 1. The van der Waals surface area contributed by atoms with Crippen LogP contribution in [-0.4, -0.2) is 39.0 Å². The lowest BCUT2D eigenvalue weighted by Gasteiger charge is -2.12. The van der Waals surface area contributed by atoms with Crippen molar-refractivity contribution in [2.24, 2.45) is 0 Å².